The number of hydrogen-bond donors (Lipinski definition) is 0. The van der Waals surface area contributed by atoms with E-state index in [0.29, 0.717) is 29.8 Å². The minimum Gasteiger partial charge on any atom is -0.451 e. The third kappa shape index (κ3) is 3.55. The first-order valence-electron chi connectivity index (χ1n) is 8.38. The van der Waals surface area contributed by atoms with Crippen molar-refractivity contribution in [2.24, 2.45) is 13.0 Å². The van der Waals surface area contributed by atoms with E-state index in [2.05, 4.69) is 12.0 Å². The van der Waals surface area contributed by atoms with Gasteiger partial charge in [-0.1, -0.05) is 25.1 Å². The van der Waals surface area contributed by atoms with E-state index in [1.165, 1.54) is 7.05 Å². The molecular formula is C18H21N3O4. The number of rotatable bonds is 3. The molecule has 0 aliphatic carbocycles. The van der Waals surface area contributed by atoms with Crippen molar-refractivity contribution >= 4 is 22.6 Å². The van der Waals surface area contributed by atoms with Crippen molar-refractivity contribution in [3.8, 4) is 0 Å². The minimum absolute atomic E-state index is 0.0394. The number of aromatic nitrogens is 2. The molecule has 1 aromatic heterocycles. The molecule has 132 valence electrons. The van der Waals surface area contributed by atoms with Crippen molar-refractivity contribution in [3.63, 3.8) is 0 Å². The maximum absolute atomic E-state index is 12.4. The van der Waals surface area contributed by atoms with Crippen LogP contribution in [0.1, 0.15) is 30.3 Å². The molecule has 7 heteroatoms. The number of hydrogen-bond acceptors (Lipinski definition) is 5. The third-order valence-corrected chi connectivity index (χ3v) is 4.49. The number of carbonyl (C=O) groups excluding carboxylic acids is 2. The normalized spacial score (nSPS) is 17.5. The van der Waals surface area contributed by atoms with E-state index in [0.717, 1.165) is 17.5 Å². The zero-order valence-electron chi connectivity index (χ0n) is 14.4. The predicted octanol–water partition coefficient (Wildman–Crippen LogP) is 1.35. The molecular weight excluding hydrogens is 322 g/mol. The molecule has 2 aromatic rings. The van der Waals surface area contributed by atoms with Gasteiger partial charge in [0.2, 0.25) is 0 Å². The molecule has 0 bridgehead atoms. The summed E-state index contributed by atoms with van der Waals surface area (Å²) in [4.78, 5) is 38.5. The Bertz CT molecular complexity index is 874. The summed E-state index contributed by atoms with van der Waals surface area (Å²) in [7, 11) is 1.48. The van der Waals surface area contributed by atoms with Gasteiger partial charge in [0.25, 0.3) is 11.5 Å². The lowest BCUT2D eigenvalue weighted by Gasteiger charge is -2.30. The van der Waals surface area contributed by atoms with Gasteiger partial charge in [0, 0.05) is 25.5 Å². The largest absolute Gasteiger partial charge is 0.451 e. The number of piperidine rings is 1. The number of fused-ring (bicyclic) bond motifs is 1. The van der Waals surface area contributed by atoms with Gasteiger partial charge in [-0.15, -0.1) is 0 Å². The maximum Gasteiger partial charge on any atom is 0.359 e. The molecule has 0 N–H and O–H groups in total. The summed E-state index contributed by atoms with van der Waals surface area (Å²) in [5.41, 5.74) is -0.247. The Morgan fingerprint density at radius 1 is 1.28 bits per heavy atom. The van der Waals surface area contributed by atoms with E-state index in [9.17, 15) is 14.4 Å². The lowest BCUT2D eigenvalue weighted by Crippen LogP contribution is -2.41. The standard InChI is InChI=1S/C18H21N3O4/c1-12-6-5-9-21(10-12)15(22)11-25-18(24)16-13-7-3-4-8-14(13)17(23)20(2)19-16/h3-4,7-8,12H,5-6,9-11H2,1-2H3/t12-/m0/s1. The summed E-state index contributed by atoms with van der Waals surface area (Å²) in [5.74, 6) is -0.443. The fourth-order valence-corrected chi connectivity index (χ4v) is 3.15. The summed E-state index contributed by atoms with van der Waals surface area (Å²) in [5, 5.41) is 4.83. The molecule has 1 aliphatic rings. The second-order valence-electron chi connectivity index (χ2n) is 6.49. The van der Waals surface area contributed by atoms with Crippen LogP contribution < -0.4 is 5.56 Å². The number of benzene rings is 1. The molecule has 0 saturated carbocycles. The van der Waals surface area contributed by atoms with E-state index in [-0.39, 0.29) is 23.8 Å². The van der Waals surface area contributed by atoms with Crippen molar-refractivity contribution in [1.82, 2.24) is 14.7 Å². The van der Waals surface area contributed by atoms with Crippen LogP contribution in [-0.4, -0.2) is 46.3 Å². The quantitative estimate of drug-likeness (QED) is 0.786. The predicted molar refractivity (Wildman–Crippen MR) is 92.2 cm³/mol. The van der Waals surface area contributed by atoms with Gasteiger partial charge in [0.15, 0.2) is 12.3 Å². The molecule has 3 rings (SSSR count). The van der Waals surface area contributed by atoms with Crippen molar-refractivity contribution in [2.45, 2.75) is 19.8 Å². The number of amides is 1. The van der Waals surface area contributed by atoms with E-state index in [1.54, 1.807) is 29.2 Å². The van der Waals surface area contributed by atoms with Crippen LogP contribution >= 0.6 is 0 Å². The van der Waals surface area contributed by atoms with Crippen molar-refractivity contribution in [2.75, 3.05) is 19.7 Å². The van der Waals surface area contributed by atoms with E-state index >= 15 is 0 Å². The molecule has 1 saturated heterocycles. The molecule has 0 unspecified atom stereocenters. The average molecular weight is 343 g/mol. The van der Waals surface area contributed by atoms with Crippen molar-refractivity contribution < 1.29 is 14.3 Å². The van der Waals surface area contributed by atoms with Crippen molar-refractivity contribution in [3.05, 3.63) is 40.3 Å². The number of nitrogens with zero attached hydrogens (tertiary/aromatic N) is 3. The first-order valence-corrected chi connectivity index (χ1v) is 8.38. The van der Waals surface area contributed by atoms with Crippen LogP contribution in [0.2, 0.25) is 0 Å². The fraction of sp³-hybridized carbons (Fsp3) is 0.444. The first kappa shape index (κ1) is 17.1. The summed E-state index contributed by atoms with van der Waals surface area (Å²) in [6, 6.07) is 6.73. The van der Waals surface area contributed by atoms with Gasteiger partial charge in [-0.25, -0.2) is 9.48 Å². The third-order valence-electron chi connectivity index (χ3n) is 4.49. The Balaban J connectivity index is 1.76. The second kappa shape index (κ2) is 7.04. The maximum atomic E-state index is 12.4. The van der Waals surface area contributed by atoms with Crippen LogP contribution in [0.5, 0.6) is 0 Å². The molecule has 1 aliphatic heterocycles. The van der Waals surface area contributed by atoms with Gasteiger partial charge in [0.05, 0.1) is 5.39 Å². The van der Waals surface area contributed by atoms with Crippen molar-refractivity contribution in [1.29, 1.82) is 0 Å². The lowest BCUT2D eigenvalue weighted by molar-refractivity contribution is -0.136. The molecule has 0 radical (unpaired) electrons. The van der Waals surface area contributed by atoms with E-state index < -0.39 is 5.97 Å². The molecule has 1 amide bonds. The Labute approximate surface area is 145 Å². The molecule has 1 aromatic carbocycles. The Kier molecular flexibility index (Phi) is 4.83. The second-order valence-corrected chi connectivity index (χ2v) is 6.49. The first-order chi connectivity index (χ1) is 12.0. The smallest absolute Gasteiger partial charge is 0.359 e. The number of likely N-dealkylation sites (tertiary alicyclic amines) is 1. The van der Waals surface area contributed by atoms with Crippen LogP contribution in [0.15, 0.2) is 29.1 Å². The minimum atomic E-state index is -0.704. The zero-order valence-corrected chi connectivity index (χ0v) is 14.4. The number of carbonyl (C=O) groups is 2. The summed E-state index contributed by atoms with van der Waals surface area (Å²) in [6.45, 7) is 3.18. The van der Waals surface area contributed by atoms with Gasteiger partial charge in [0.1, 0.15) is 0 Å². The highest BCUT2D eigenvalue weighted by molar-refractivity contribution is 6.02. The fourth-order valence-electron chi connectivity index (χ4n) is 3.15. The number of aryl methyl sites for hydroxylation is 1. The molecule has 1 fully saturated rings. The highest BCUT2D eigenvalue weighted by Gasteiger charge is 2.23. The van der Waals surface area contributed by atoms with Crippen LogP contribution in [-0.2, 0) is 16.6 Å². The number of ether oxygens (including phenoxy) is 1. The van der Waals surface area contributed by atoms with Gasteiger partial charge in [-0.05, 0) is 24.8 Å². The Hall–Kier alpha value is -2.70. The summed E-state index contributed by atoms with van der Waals surface area (Å²) < 4.78 is 6.28. The monoisotopic (exact) mass is 343 g/mol. The molecule has 25 heavy (non-hydrogen) atoms. The Morgan fingerprint density at radius 3 is 2.72 bits per heavy atom. The van der Waals surface area contributed by atoms with Gasteiger partial charge >= 0.3 is 5.97 Å². The van der Waals surface area contributed by atoms with Gasteiger partial charge in [-0.2, -0.15) is 5.10 Å². The SMILES string of the molecule is C[C@H]1CCCN(C(=O)COC(=O)c2nn(C)c(=O)c3ccccc23)C1. The lowest BCUT2D eigenvalue weighted by atomic mass is 10.0. The molecule has 2 heterocycles. The average Bonchev–Trinajstić information content (AvgIpc) is 2.62. The topological polar surface area (TPSA) is 81.5 Å². The summed E-state index contributed by atoms with van der Waals surface area (Å²) >= 11 is 0. The molecule has 0 spiro atoms. The highest BCUT2D eigenvalue weighted by atomic mass is 16.5. The molecule has 1 atom stereocenters. The van der Waals surface area contributed by atoms with Crippen LogP contribution in [0, 0.1) is 5.92 Å². The zero-order chi connectivity index (χ0) is 18.0. The van der Waals surface area contributed by atoms with Crippen LogP contribution in [0.3, 0.4) is 0 Å². The van der Waals surface area contributed by atoms with Crippen LogP contribution in [0.4, 0.5) is 0 Å². The highest BCUT2D eigenvalue weighted by Crippen LogP contribution is 2.16. The van der Waals surface area contributed by atoms with Gasteiger partial charge in [-0.3, -0.25) is 9.59 Å². The Morgan fingerprint density at radius 2 is 2.00 bits per heavy atom. The van der Waals surface area contributed by atoms with Gasteiger partial charge < -0.3 is 9.64 Å². The number of esters is 1. The molecule has 7 nitrogen and oxygen atoms in total. The van der Waals surface area contributed by atoms with E-state index in [1.807, 2.05) is 0 Å². The summed E-state index contributed by atoms with van der Waals surface area (Å²) in [6.07, 6.45) is 2.07. The van der Waals surface area contributed by atoms with Crippen LogP contribution in [0.25, 0.3) is 10.8 Å². The van der Waals surface area contributed by atoms with E-state index in [4.69, 9.17) is 4.74 Å².